The molecule has 0 aliphatic heterocycles. The van der Waals surface area contributed by atoms with Crippen LogP contribution in [-0.4, -0.2) is 26.9 Å². The molecule has 14 heavy (non-hydrogen) atoms. The molecule has 1 heterocycles. The zero-order valence-corrected chi connectivity index (χ0v) is 9.01. The van der Waals surface area contributed by atoms with E-state index in [0.717, 1.165) is 30.8 Å². The Morgan fingerprint density at radius 3 is 3.07 bits per heavy atom. The van der Waals surface area contributed by atoms with Gasteiger partial charge in [-0.2, -0.15) is 0 Å². The van der Waals surface area contributed by atoms with Gasteiger partial charge in [0.2, 0.25) is 0 Å². The fourth-order valence-electron chi connectivity index (χ4n) is 1.58. The van der Waals surface area contributed by atoms with E-state index in [-0.39, 0.29) is 17.3 Å². The molecule has 1 N–H and O–H groups in total. The SMILES string of the molecule is O=C(NC1CCCC1Cl)c1cnns1. The summed E-state index contributed by atoms with van der Waals surface area (Å²) in [5.74, 6) is -0.113. The van der Waals surface area contributed by atoms with E-state index < -0.39 is 0 Å². The van der Waals surface area contributed by atoms with E-state index >= 15 is 0 Å². The van der Waals surface area contributed by atoms with Crippen LogP contribution in [0.1, 0.15) is 28.9 Å². The monoisotopic (exact) mass is 231 g/mol. The van der Waals surface area contributed by atoms with Crippen LogP contribution in [0.4, 0.5) is 0 Å². The van der Waals surface area contributed by atoms with Gasteiger partial charge < -0.3 is 5.32 Å². The van der Waals surface area contributed by atoms with Gasteiger partial charge in [0.15, 0.2) is 0 Å². The van der Waals surface area contributed by atoms with Crippen molar-refractivity contribution >= 4 is 29.0 Å². The molecule has 6 heteroatoms. The fourth-order valence-corrected chi connectivity index (χ4v) is 2.35. The van der Waals surface area contributed by atoms with Gasteiger partial charge in [-0.1, -0.05) is 4.49 Å². The van der Waals surface area contributed by atoms with E-state index in [4.69, 9.17) is 11.6 Å². The average Bonchev–Trinajstić information content (AvgIpc) is 2.77. The first kappa shape index (κ1) is 9.86. The molecular weight excluding hydrogens is 222 g/mol. The number of aromatic nitrogens is 2. The lowest BCUT2D eigenvalue weighted by Crippen LogP contribution is -2.37. The molecule has 0 saturated heterocycles. The van der Waals surface area contributed by atoms with Gasteiger partial charge >= 0.3 is 0 Å². The Labute approximate surface area is 90.8 Å². The zero-order chi connectivity index (χ0) is 9.97. The molecule has 0 radical (unpaired) electrons. The molecule has 4 nitrogen and oxygen atoms in total. The first-order valence-corrected chi connectivity index (χ1v) is 5.70. The number of nitrogens with one attached hydrogen (secondary N) is 1. The quantitative estimate of drug-likeness (QED) is 0.784. The first-order chi connectivity index (χ1) is 6.77. The largest absolute Gasteiger partial charge is 0.347 e. The van der Waals surface area contributed by atoms with E-state index in [1.54, 1.807) is 0 Å². The van der Waals surface area contributed by atoms with Crippen molar-refractivity contribution in [1.29, 1.82) is 0 Å². The van der Waals surface area contributed by atoms with Gasteiger partial charge in [-0.05, 0) is 30.8 Å². The second-order valence-corrected chi connectivity index (χ2v) is 4.65. The molecule has 1 aromatic heterocycles. The predicted octanol–water partition coefficient (Wildman–Crippen LogP) is 1.43. The zero-order valence-electron chi connectivity index (χ0n) is 7.44. The van der Waals surface area contributed by atoms with Gasteiger partial charge in [-0.25, -0.2) is 0 Å². The highest BCUT2D eigenvalue weighted by Crippen LogP contribution is 2.24. The molecular formula is C8H10ClN3OS. The summed E-state index contributed by atoms with van der Waals surface area (Å²) in [6.45, 7) is 0. The predicted molar refractivity (Wildman–Crippen MR) is 54.7 cm³/mol. The molecule has 1 fully saturated rings. The molecule has 2 atom stereocenters. The highest BCUT2D eigenvalue weighted by Gasteiger charge is 2.27. The molecule has 76 valence electrons. The average molecular weight is 232 g/mol. The summed E-state index contributed by atoms with van der Waals surface area (Å²) in [6, 6.07) is 0.103. The third-order valence-corrected chi connectivity index (χ3v) is 3.52. The molecule has 1 aliphatic rings. The Bertz CT molecular complexity index is 316. The minimum Gasteiger partial charge on any atom is -0.347 e. The lowest BCUT2D eigenvalue weighted by atomic mass is 10.2. The van der Waals surface area contributed by atoms with Crippen LogP contribution in [0.2, 0.25) is 0 Å². The number of alkyl halides is 1. The maximum atomic E-state index is 11.6. The van der Waals surface area contributed by atoms with Gasteiger partial charge in [-0.3, -0.25) is 4.79 Å². The number of carbonyl (C=O) groups is 1. The van der Waals surface area contributed by atoms with E-state index in [1.165, 1.54) is 6.20 Å². The summed E-state index contributed by atoms with van der Waals surface area (Å²) in [6.07, 6.45) is 4.50. The summed E-state index contributed by atoms with van der Waals surface area (Å²) in [7, 11) is 0. The van der Waals surface area contributed by atoms with Crippen molar-refractivity contribution in [3.05, 3.63) is 11.1 Å². The van der Waals surface area contributed by atoms with Crippen LogP contribution >= 0.6 is 23.1 Å². The van der Waals surface area contributed by atoms with E-state index in [1.807, 2.05) is 0 Å². The number of amides is 1. The van der Waals surface area contributed by atoms with Crippen LogP contribution < -0.4 is 5.32 Å². The van der Waals surface area contributed by atoms with Crippen LogP contribution in [-0.2, 0) is 0 Å². The Hall–Kier alpha value is -0.680. The van der Waals surface area contributed by atoms with Crippen LogP contribution in [0.25, 0.3) is 0 Å². The molecule has 2 unspecified atom stereocenters. The smallest absolute Gasteiger partial charge is 0.264 e. The van der Waals surface area contributed by atoms with Crippen LogP contribution in [0.15, 0.2) is 6.20 Å². The minimum absolute atomic E-state index is 0.0693. The third kappa shape index (κ3) is 2.04. The summed E-state index contributed by atoms with van der Waals surface area (Å²) < 4.78 is 3.63. The molecule has 1 aliphatic carbocycles. The fraction of sp³-hybridized carbons (Fsp3) is 0.625. The number of hydrogen-bond acceptors (Lipinski definition) is 4. The van der Waals surface area contributed by atoms with Crippen molar-refractivity contribution < 1.29 is 4.79 Å². The van der Waals surface area contributed by atoms with Crippen molar-refractivity contribution in [2.75, 3.05) is 0 Å². The van der Waals surface area contributed by atoms with Crippen molar-refractivity contribution in [2.24, 2.45) is 0 Å². The minimum atomic E-state index is -0.113. The van der Waals surface area contributed by atoms with E-state index in [2.05, 4.69) is 14.9 Å². The van der Waals surface area contributed by atoms with Crippen LogP contribution in [0.5, 0.6) is 0 Å². The Kier molecular flexibility index (Phi) is 2.98. The highest BCUT2D eigenvalue weighted by molar-refractivity contribution is 7.07. The maximum Gasteiger partial charge on any atom is 0.264 e. The maximum absolute atomic E-state index is 11.6. The van der Waals surface area contributed by atoms with Crippen molar-refractivity contribution in [3.63, 3.8) is 0 Å². The van der Waals surface area contributed by atoms with Gasteiger partial charge in [0.05, 0.1) is 11.6 Å². The van der Waals surface area contributed by atoms with Crippen LogP contribution in [0.3, 0.4) is 0 Å². The lowest BCUT2D eigenvalue weighted by molar-refractivity contribution is 0.0942. The lowest BCUT2D eigenvalue weighted by Gasteiger charge is -2.14. The first-order valence-electron chi connectivity index (χ1n) is 4.49. The number of hydrogen-bond donors (Lipinski definition) is 1. The van der Waals surface area contributed by atoms with E-state index in [9.17, 15) is 4.79 Å². The number of carbonyl (C=O) groups excluding carboxylic acids is 1. The molecule has 0 bridgehead atoms. The Balaban J connectivity index is 1.95. The Morgan fingerprint density at radius 2 is 2.50 bits per heavy atom. The summed E-state index contributed by atoms with van der Waals surface area (Å²) >= 11 is 7.14. The molecule has 0 spiro atoms. The molecule has 1 aromatic rings. The number of nitrogens with zero attached hydrogens (tertiary/aromatic N) is 2. The van der Waals surface area contributed by atoms with Crippen molar-refractivity contribution in [1.82, 2.24) is 14.9 Å². The topological polar surface area (TPSA) is 54.9 Å². The van der Waals surface area contributed by atoms with E-state index in [0.29, 0.717) is 4.88 Å². The summed E-state index contributed by atoms with van der Waals surface area (Å²) in [5.41, 5.74) is 0. The molecule has 1 saturated carbocycles. The highest BCUT2D eigenvalue weighted by atomic mass is 35.5. The van der Waals surface area contributed by atoms with Crippen LogP contribution in [0, 0.1) is 0 Å². The molecule has 0 aromatic carbocycles. The summed E-state index contributed by atoms with van der Waals surface area (Å²) in [4.78, 5) is 12.1. The second kappa shape index (κ2) is 4.23. The van der Waals surface area contributed by atoms with Gasteiger partial charge in [-0.15, -0.1) is 16.7 Å². The molecule has 1 amide bonds. The Morgan fingerprint density at radius 1 is 1.64 bits per heavy atom. The van der Waals surface area contributed by atoms with Gasteiger partial charge in [0.1, 0.15) is 4.88 Å². The number of halogens is 1. The summed E-state index contributed by atoms with van der Waals surface area (Å²) in [5, 5.41) is 6.57. The van der Waals surface area contributed by atoms with Gasteiger partial charge in [0.25, 0.3) is 5.91 Å². The third-order valence-electron chi connectivity index (χ3n) is 2.33. The van der Waals surface area contributed by atoms with Crippen molar-refractivity contribution in [2.45, 2.75) is 30.7 Å². The molecule has 2 rings (SSSR count). The standard InChI is InChI=1S/C8H10ClN3OS/c9-5-2-1-3-6(5)11-8(13)7-4-10-12-14-7/h4-6H,1-3H2,(H,11,13). The van der Waals surface area contributed by atoms with Crippen molar-refractivity contribution in [3.8, 4) is 0 Å². The van der Waals surface area contributed by atoms with Gasteiger partial charge in [0, 0.05) is 6.04 Å². The number of rotatable bonds is 2. The normalized spacial score (nSPS) is 26.4. The second-order valence-electron chi connectivity index (χ2n) is 3.31.